The van der Waals surface area contributed by atoms with E-state index in [-0.39, 0.29) is 0 Å². The first-order valence-corrected chi connectivity index (χ1v) is 3.37. The zero-order valence-electron chi connectivity index (χ0n) is 6.24. The summed E-state index contributed by atoms with van der Waals surface area (Å²) in [4.78, 5) is 10.1. The van der Waals surface area contributed by atoms with Gasteiger partial charge in [0.05, 0.1) is 0 Å². The molecule has 1 unspecified atom stereocenters. The summed E-state index contributed by atoms with van der Waals surface area (Å²) in [7, 11) is 0. The summed E-state index contributed by atoms with van der Waals surface area (Å²) in [5.41, 5.74) is 1.53. The van der Waals surface area contributed by atoms with Crippen LogP contribution in [-0.2, 0) is 4.79 Å². The summed E-state index contributed by atoms with van der Waals surface area (Å²) < 4.78 is 0. The number of rotatable bonds is 2. The van der Waals surface area contributed by atoms with Gasteiger partial charge in [0, 0.05) is 0 Å². The van der Waals surface area contributed by atoms with Gasteiger partial charge in [-0.3, -0.25) is 4.79 Å². The molecule has 1 radical (unpaired) electrons. The highest BCUT2D eigenvalue weighted by Crippen LogP contribution is 2.14. The molecule has 1 atom stereocenters. The summed E-state index contributed by atoms with van der Waals surface area (Å²) in [6.07, 6.45) is 0.427. The molecular weight excluding hydrogens is 140 g/mol. The molecule has 0 aliphatic carbocycles. The van der Waals surface area contributed by atoms with E-state index >= 15 is 0 Å². The lowest BCUT2D eigenvalue weighted by Gasteiger charge is -2.04. The van der Waals surface area contributed by atoms with E-state index in [0.717, 1.165) is 5.56 Å². The third kappa shape index (κ3) is 1.65. The predicted octanol–water partition coefficient (Wildman–Crippen LogP) is 1.14. The van der Waals surface area contributed by atoms with Crippen molar-refractivity contribution < 1.29 is 9.90 Å². The third-order valence-electron chi connectivity index (χ3n) is 1.59. The highest BCUT2D eigenvalue weighted by atomic mass is 16.3. The van der Waals surface area contributed by atoms with Gasteiger partial charge in [-0.15, -0.1) is 0 Å². The SMILES string of the molecule is Cc1ccccc1C(O)[C]=O. The smallest absolute Gasteiger partial charge is 0.234 e. The van der Waals surface area contributed by atoms with E-state index in [1.165, 1.54) is 6.29 Å². The Kier molecular flexibility index (Phi) is 2.39. The van der Waals surface area contributed by atoms with Crippen LogP contribution < -0.4 is 0 Å². The van der Waals surface area contributed by atoms with Crippen LogP contribution >= 0.6 is 0 Å². The van der Waals surface area contributed by atoms with Crippen molar-refractivity contribution in [2.45, 2.75) is 13.0 Å². The maximum absolute atomic E-state index is 10.1. The average Bonchev–Trinajstić information content (AvgIpc) is 2.04. The number of benzene rings is 1. The summed E-state index contributed by atoms with van der Waals surface area (Å²) in [6, 6.07) is 7.19. The molecule has 0 aliphatic rings. The fourth-order valence-electron chi connectivity index (χ4n) is 0.957. The van der Waals surface area contributed by atoms with Gasteiger partial charge in [-0.25, -0.2) is 0 Å². The van der Waals surface area contributed by atoms with Crippen LogP contribution in [0.5, 0.6) is 0 Å². The molecule has 0 saturated carbocycles. The molecule has 0 aliphatic heterocycles. The normalized spacial score (nSPS) is 12.5. The zero-order valence-corrected chi connectivity index (χ0v) is 6.24. The maximum Gasteiger partial charge on any atom is 0.234 e. The Morgan fingerprint density at radius 2 is 2.09 bits per heavy atom. The molecule has 0 spiro atoms. The average molecular weight is 149 g/mol. The topological polar surface area (TPSA) is 37.3 Å². The largest absolute Gasteiger partial charge is 0.380 e. The molecule has 0 bridgehead atoms. The van der Waals surface area contributed by atoms with Gasteiger partial charge in [0.2, 0.25) is 6.29 Å². The van der Waals surface area contributed by atoms with E-state index in [2.05, 4.69) is 0 Å². The first-order valence-electron chi connectivity index (χ1n) is 3.37. The standard InChI is InChI=1S/C9H9O2/c1-7-4-2-3-5-8(7)9(11)6-10/h2-5,9,11H,1H3. The molecule has 1 aromatic carbocycles. The van der Waals surface area contributed by atoms with Crippen molar-refractivity contribution in [3.8, 4) is 0 Å². The highest BCUT2D eigenvalue weighted by Gasteiger charge is 2.07. The van der Waals surface area contributed by atoms with Gasteiger partial charge < -0.3 is 5.11 Å². The molecule has 0 saturated heterocycles. The summed E-state index contributed by atoms with van der Waals surface area (Å²) in [5.74, 6) is 0. The van der Waals surface area contributed by atoms with E-state index in [1.807, 2.05) is 19.1 Å². The molecule has 2 heteroatoms. The van der Waals surface area contributed by atoms with Crippen LogP contribution in [0, 0.1) is 6.92 Å². The minimum absolute atomic E-state index is 0.627. The predicted molar refractivity (Wildman–Crippen MR) is 41.8 cm³/mol. The Hall–Kier alpha value is -1.15. The second-order valence-corrected chi connectivity index (χ2v) is 2.38. The van der Waals surface area contributed by atoms with E-state index < -0.39 is 6.10 Å². The molecule has 0 amide bonds. The van der Waals surface area contributed by atoms with Crippen molar-refractivity contribution in [1.29, 1.82) is 0 Å². The van der Waals surface area contributed by atoms with Crippen LogP contribution in [0.1, 0.15) is 17.2 Å². The fourth-order valence-corrected chi connectivity index (χ4v) is 0.957. The second-order valence-electron chi connectivity index (χ2n) is 2.38. The number of hydrogen-bond donors (Lipinski definition) is 1. The van der Waals surface area contributed by atoms with Crippen molar-refractivity contribution in [3.63, 3.8) is 0 Å². The Morgan fingerprint density at radius 3 is 2.64 bits per heavy atom. The number of carbonyl (C=O) groups excluding carboxylic acids is 1. The van der Waals surface area contributed by atoms with E-state index in [1.54, 1.807) is 12.1 Å². The van der Waals surface area contributed by atoms with Gasteiger partial charge in [0.1, 0.15) is 6.10 Å². The summed E-state index contributed by atoms with van der Waals surface area (Å²) in [6.45, 7) is 1.84. The minimum Gasteiger partial charge on any atom is -0.380 e. The lowest BCUT2D eigenvalue weighted by molar-refractivity contribution is 0.239. The quantitative estimate of drug-likeness (QED) is 0.684. The van der Waals surface area contributed by atoms with Crippen LogP contribution in [0.25, 0.3) is 0 Å². The van der Waals surface area contributed by atoms with Crippen LogP contribution in [-0.4, -0.2) is 11.4 Å². The Morgan fingerprint density at radius 1 is 1.45 bits per heavy atom. The zero-order chi connectivity index (χ0) is 8.27. The van der Waals surface area contributed by atoms with Gasteiger partial charge in [-0.1, -0.05) is 24.3 Å². The number of aliphatic hydroxyl groups excluding tert-OH is 1. The molecule has 1 rings (SSSR count). The molecule has 2 nitrogen and oxygen atoms in total. The molecule has 0 fully saturated rings. The van der Waals surface area contributed by atoms with Gasteiger partial charge in [-0.05, 0) is 18.1 Å². The molecule has 1 aromatic rings. The van der Waals surface area contributed by atoms with Crippen molar-refractivity contribution in [2.75, 3.05) is 0 Å². The Balaban J connectivity index is 3.02. The van der Waals surface area contributed by atoms with E-state index in [4.69, 9.17) is 5.11 Å². The Labute approximate surface area is 65.5 Å². The number of aliphatic hydroxyl groups is 1. The minimum atomic E-state index is -1.10. The number of hydrogen-bond acceptors (Lipinski definition) is 2. The van der Waals surface area contributed by atoms with Crippen molar-refractivity contribution in [1.82, 2.24) is 0 Å². The highest BCUT2D eigenvalue weighted by molar-refractivity contribution is 5.61. The molecular formula is C9H9O2. The molecule has 11 heavy (non-hydrogen) atoms. The van der Waals surface area contributed by atoms with Crippen molar-refractivity contribution in [3.05, 3.63) is 35.4 Å². The van der Waals surface area contributed by atoms with Crippen molar-refractivity contribution in [2.24, 2.45) is 0 Å². The van der Waals surface area contributed by atoms with Gasteiger partial charge in [0.25, 0.3) is 0 Å². The maximum atomic E-state index is 10.1. The Bertz CT molecular complexity index is 255. The van der Waals surface area contributed by atoms with Crippen molar-refractivity contribution >= 4 is 6.29 Å². The lowest BCUT2D eigenvalue weighted by Crippen LogP contribution is -1.99. The molecule has 57 valence electrons. The first-order chi connectivity index (χ1) is 5.25. The van der Waals surface area contributed by atoms with Gasteiger partial charge in [0.15, 0.2) is 0 Å². The van der Waals surface area contributed by atoms with Crippen LogP contribution in [0.4, 0.5) is 0 Å². The molecule has 0 aromatic heterocycles. The third-order valence-corrected chi connectivity index (χ3v) is 1.59. The molecule has 0 heterocycles. The van der Waals surface area contributed by atoms with Gasteiger partial charge >= 0.3 is 0 Å². The van der Waals surface area contributed by atoms with Crippen LogP contribution in [0.2, 0.25) is 0 Å². The monoisotopic (exact) mass is 149 g/mol. The van der Waals surface area contributed by atoms with Crippen LogP contribution in [0.15, 0.2) is 24.3 Å². The fraction of sp³-hybridized carbons (Fsp3) is 0.222. The van der Waals surface area contributed by atoms with Gasteiger partial charge in [-0.2, -0.15) is 0 Å². The second kappa shape index (κ2) is 3.30. The molecule has 1 N–H and O–H groups in total. The number of aryl methyl sites for hydroxylation is 1. The van der Waals surface area contributed by atoms with E-state index in [9.17, 15) is 4.79 Å². The summed E-state index contributed by atoms with van der Waals surface area (Å²) >= 11 is 0. The van der Waals surface area contributed by atoms with E-state index in [0.29, 0.717) is 5.56 Å². The van der Waals surface area contributed by atoms with Crippen LogP contribution in [0.3, 0.4) is 0 Å². The first kappa shape index (κ1) is 7.95. The lowest BCUT2D eigenvalue weighted by atomic mass is 10.1. The summed E-state index contributed by atoms with van der Waals surface area (Å²) in [5, 5.41) is 9.09.